The van der Waals surface area contributed by atoms with Crippen molar-refractivity contribution < 1.29 is 4.74 Å². The summed E-state index contributed by atoms with van der Waals surface area (Å²) in [7, 11) is 0. The molecule has 3 rings (SSSR count). The molecule has 0 aliphatic heterocycles. The third-order valence-electron chi connectivity index (χ3n) is 3.36. The summed E-state index contributed by atoms with van der Waals surface area (Å²) in [4.78, 5) is 0. The summed E-state index contributed by atoms with van der Waals surface area (Å²) in [6.07, 6.45) is 10.6. The van der Waals surface area contributed by atoms with Crippen molar-refractivity contribution in [3.05, 3.63) is 64.4 Å². The van der Waals surface area contributed by atoms with Crippen LogP contribution in [-0.4, -0.2) is 6.61 Å². The topological polar surface area (TPSA) is 9.23 Å². The number of ether oxygens (including phenoxy) is 1. The number of benzene rings is 1. The minimum absolute atomic E-state index is 0.725. The molecule has 0 radical (unpaired) electrons. The van der Waals surface area contributed by atoms with Crippen molar-refractivity contribution in [3.8, 4) is 5.75 Å². The fourth-order valence-electron chi connectivity index (χ4n) is 2.47. The lowest BCUT2D eigenvalue weighted by Crippen LogP contribution is -2.01. The first-order chi connectivity index (χ1) is 8.86. The van der Waals surface area contributed by atoms with Gasteiger partial charge in [0.2, 0.25) is 0 Å². The number of hydrogen-bond donors (Lipinski definition) is 0. The average molecular weight is 236 g/mol. The monoisotopic (exact) mass is 236 g/mol. The number of hydrogen-bond acceptors (Lipinski definition) is 1. The zero-order valence-corrected chi connectivity index (χ0v) is 10.6. The van der Waals surface area contributed by atoms with E-state index in [0.29, 0.717) is 0 Å². The second-order valence-corrected chi connectivity index (χ2v) is 4.55. The van der Waals surface area contributed by atoms with Gasteiger partial charge < -0.3 is 4.74 Å². The average Bonchev–Trinajstić information content (AvgIpc) is 2.92. The minimum atomic E-state index is 0.725. The van der Waals surface area contributed by atoms with Crippen molar-refractivity contribution in [3.63, 3.8) is 0 Å². The highest BCUT2D eigenvalue weighted by Gasteiger charge is 2.13. The highest BCUT2D eigenvalue weighted by atomic mass is 16.5. The highest BCUT2D eigenvalue weighted by Crippen LogP contribution is 2.31. The maximum absolute atomic E-state index is 5.54. The highest BCUT2D eigenvalue weighted by molar-refractivity contribution is 5.67. The normalized spacial score (nSPS) is 16.3. The lowest BCUT2D eigenvalue weighted by molar-refractivity contribution is 0.340. The molecule has 1 heteroatoms. The van der Waals surface area contributed by atoms with Gasteiger partial charge in [-0.2, -0.15) is 0 Å². The Bertz CT molecular complexity index is 596. The molecule has 0 saturated heterocycles. The molecular formula is C17H16O. The van der Waals surface area contributed by atoms with Gasteiger partial charge in [0.05, 0.1) is 6.61 Å². The molecule has 0 amide bonds. The van der Waals surface area contributed by atoms with Crippen LogP contribution in [0.25, 0.3) is 6.08 Å². The van der Waals surface area contributed by atoms with Crippen LogP contribution in [0.1, 0.15) is 24.5 Å². The predicted octanol–water partition coefficient (Wildman–Crippen LogP) is 4.07. The van der Waals surface area contributed by atoms with E-state index in [2.05, 4.69) is 36.1 Å². The minimum Gasteiger partial charge on any atom is -0.494 e. The summed E-state index contributed by atoms with van der Waals surface area (Å²) in [5.41, 5.74) is 8.59. The van der Waals surface area contributed by atoms with E-state index in [1.165, 1.54) is 22.3 Å². The van der Waals surface area contributed by atoms with Crippen molar-refractivity contribution >= 4 is 6.08 Å². The van der Waals surface area contributed by atoms with E-state index in [1.54, 1.807) is 0 Å². The Balaban J connectivity index is 1.93. The molecule has 0 bridgehead atoms. The smallest absolute Gasteiger partial charge is 0.119 e. The van der Waals surface area contributed by atoms with E-state index in [1.807, 2.05) is 19.1 Å². The molecule has 0 N–H and O–H groups in total. The van der Waals surface area contributed by atoms with E-state index in [-0.39, 0.29) is 0 Å². The van der Waals surface area contributed by atoms with Crippen LogP contribution in [0.5, 0.6) is 5.75 Å². The van der Waals surface area contributed by atoms with Crippen LogP contribution >= 0.6 is 0 Å². The van der Waals surface area contributed by atoms with Crippen molar-refractivity contribution in [2.75, 3.05) is 6.61 Å². The van der Waals surface area contributed by atoms with Gasteiger partial charge in [-0.25, -0.2) is 0 Å². The summed E-state index contributed by atoms with van der Waals surface area (Å²) in [6, 6.07) is 6.37. The first-order valence-corrected chi connectivity index (χ1v) is 6.47. The molecule has 0 atom stereocenters. The van der Waals surface area contributed by atoms with Crippen molar-refractivity contribution in [2.45, 2.75) is 19.8 Å². The second kappa shape index (κ2) is 4.72. The largest absolute Gasteiger partial charge is 0.494 e. The predicted molar refractivity (Wildman–Crippen MR) is 74.6 cm³/mol. The third-order valence-corrected chi connectivity index (χ3v) is 3.36. The van der Waals surface area contributed by atoms with Crippen LogP contribution in [0.4, 0.5) is 0 Å². The molecule has 0 aromatic heterocycles. The Labute approximate surface area is 108 Å². The molecule has 0 unspecified atom stereocenters. The fourth-order valence-corrected chi connectivity index (χ4v) is 2.47. The third kappa shape index (κ3) is 2.05. The molecule has 1 aromatic carbocycles. The first-order valence-electron chi connectivity index (χ1n) is 6.47. The summed E-state index contributed by atoms with van der Waals surface area (Å²) in [5.74, 6) is 0.980. The Morgan fingerprint density at radius 1 is 1.28 bits per heavy atom. The van der Waals surface area contributed by atoms with Crippen molar-refractivity contribution in [2.24, 2.45) is 0 Å². The number of fused-ring (bicyclic) bond motifs is 1. The molecule has 0 fully saturated rings. The van der Waals surface area contributed by atoms with Crippen LogP contribution in [-0.2, 0) is 6.42 Å². The molecular weight excluding hydrogens is 220 g/mol. The Morgan fingerprint density at radius 3 is 3.00 bits per heavy atom. The summed E-state index contributed by atoms with van der Waals surface area (Å²) in [5, 5.41) is 0. The molecule has 1 aromatic rings. The van der Waals surface area contributed by atoms with E-state index in [4.69, 9.17) is 4.74 Å². The van der Waals surface area contributed by atoms with Gasteiger partial charge in [0.15, 0.2) is 0 Å². The zero-order chi connectivity index (χ0) is 12.4. The summed E-state index contributed by atoms with van der Waals surface area (Å²) < 4.78 is 5.54. The standard InChI is InChI=1S/C17H16O/c1-2-18-17-10-9-15-11-14(7-8-16(15)12-17)13-5-3-4-6-13/h3-5,9-12H,2,7-8H2,1H3. The van der Waals surface area contributed by atoms with Crippen LogP contribution in [0.2, 0.25) is 0 Å². The van der Waals surface area contributed by atoms with Crippen LogP contribution in [0.3, 0.4) is 0 Å². The zero-order valence-electron chi connectivity index (χ0n) is 10.6. The quantitative estimate of drug-likeness (QED) is 0.719. The number of aryl methyl sites for hydroxylation is 1. The van der Waals surface area contributed by atoms with Gasteiger partial charge in [-0.1, -0.05) is 18.2 Å². The van der Waals surface area contributed by atoms with Gasteiger partial charge in [-0.3, -0.25) is 0 Å². The molecule has 2 aliphatic carbocycles. The van der Waals surface area contributed by atoms with Crippen LogP contribution in [0.15, 0.2) is 53.3 Å². The second-order valence-electron chi connectivity index (χ2n) is 4.55. The van der Waals surface area contributed by atoms with E-state index in [9.17, 15) is 0 Å². The van der Waals surface area contributed by atoms with Gasteiger partial charge in [0.1, 0.15) is 5.75 Å². The fraction of sp³-hybridized carbons (Fsp3) is 0.235. The molecule has 0 heterocycles. The van der Waals surface area contributed by atoms with E-state index in [0.717, 1.165) is 25.2 Å². The van der Waals surface area contributed by atoms with Gasteiger partial charge in [-0.15, -0.1) is 5.73 Å². The Hall–Kier alpha value is -1.98. The van der Waals surface area contributed by atoms with Gasteiger partial charge in [0, 0.05) is 5.57 Å². The lowest BCUT2D eigenvalue weighted by atomic mass is 9.89. The van der Waals surface area contributed by atoms with E-state index < -0.39 is 0 Å². The van der Waals surface area contributed by atoms with Crippen molar-refractivity contribution in [1.82, 2.24) is 0 Å². The Morgan fingerprint density at radius 2 is 2.22 bits per heavy atom. The van der Waals surface area contributed by atoms with Crippen LogP contribution < -0.4 is 4.74 Å². The Kier molecular flexibility index (Phi) is 2.92. The molecule has 2 aliphatic rings. The maximum atomic E-state index is 5.54. The molecule has 90 valence electrons. The number of rotatable bonds is 3. The van der Waals surface area contributed by atoms with Gasteiger partial charge in [-0.05, 0) is 60.8 Å². The molecule has 0 saturated carbocycles. The summed E-state index contributed by atoms with van der Waals surface area (Å²) >= 11 is 0. The van der Waals surface area contributed by atoms with Gasteiger partial charge >= 0.3 is 0 Å². The SMILES string of the molecule is CCOc1ccc2c(c1)CCC(C1=C=CC=C1)=C2. The molecule has 18 heavy (non-hydrogen) atoms. The maximum Gasteiger partial charge on any atom is 0.119 e. The lowest BCUT2D eigenvalue weighted by Gasteiger charge is -2.17. The summed E-state index contributed by atoms with van der Waals surface area (Å²) in [6.45, 7) is 2.74. The van der Waals surface area contributed by atoms with E-state index >= 15 is 0 Å². The molecule has 0 spiro atoms. The van der Waals surface area contributed by atoms with Crippen LogP contribution in [0, 0.1) is 0 Å². The first kappa shape index (κ1) is 11.1. The van der Waals surface area contributed by atoms with Gasteiger partial charge in [0.25, 0.3) is 0 Å². The van der Waals surface area contributed by atoms with Crippen molar-refractivity contribution in [1.29, 1.82) is 0 Å². The molecule has 1 nitrogen and oxygen atoms in total. The number of allylic oxidation sites excluding steroid dienone is 4.